The first-order valence-corrected chi connectivity index (χ1v) is 15.0. The van der Waals surface area contributed by atoms with Crippen molar-refractivity contribution in [1.82, 2.24) is 24.8 Å². The molecular formula is C30H29ClF6N8O2. The van der Waals surface area contributed by atoms with Crippen molar-refractivity contribution in [3.63, 3.8) is 0 Å². The fourth-order valence-electron chi connectivity index (χ4n) is 6.04. The molecule has 1 fully saturated rings. The van der Waals surface area contributed by atoms with E-state index in [2.05, 4.69) is 19.9 Å². The van der Waals surface area contributed by atoms with Crippen molar-refractivity contribution < 1.29 is 35.8 Å². The molecule has 250 valence electrons. The maximum Gasteiger partial charge on any atom is 0.418 e. The highest BCUT2D eigenvalue weighted by Gasteiger charge is 2.40. The number of nitrogens with two attached hydrogens (primary N) is 2. The van der Waals surface area contributed by atoms with Gasteiger partial charge < -0.3 is 25.8 Å². The van der Waals surface area contributed by atoms with Crippen LogP contribution in [0.2, 0.25) is 5.02 Å². The quantitative estimate of drug-likeness (QED) is 0.212. The van der Waals surface area contributed by atoms with Gasteiger partial charge in [-0.2, -0.15) is 23.1 Å². The van der Waals surface area contributed by atoms with Gasteiger partial charge in [0.1, 0.15) is 36.2 Å². The molecule has 0 aliphatic carbocycles. The van der Waals surface area contributed by atoms with Crippen LogP contribution in [0.5, 0.6) is 11.8 Å². The number of rotatable bonds is 8. The van der Waals surface area contributed by atoms with Gasteiger partial charge >= 0.3 is 12.2 Å². The van der Waals surface area contributed by atoms with Gasteiger partial charge in [0, 0.05) is 24.3 Å². The average molecular weight is 683 g/mol. The van der Waals surface area contributed by atoms with Crippen LogP contribution in [0.1, 0.15) is 36.1 Å². The number of hydrogen-bond acceptors (Lipinski definition) is 10. The summed E-state index contributed by atoms with van der Waals surface area (Å²) in [6.45, 7) is 3.00. The Morgan fingerprint density at radius 3 is 2.60 bits per heavy atom. The summed E-state index contributed by atoms with van der Waals surface area (Å²) in [5.74, 6) is -1.36. The minimum atomic E-state index is -4.95. The Bertz CT molecular complexity index is 1850. The summed E-state index contributed by atoms with van der Waals surface area (Å²) in [5.41, 5.74) is 9.08. The minimum absolute atomic E-state index is 0.0208. The molecule has 0 unspecified atom stereocenters. The molecule has 1 saturated heterocycles. The van der Waals surface area contributed by atoms with Gasteiger partial charge in [0.05, 0.1) is 46.4 Å². The normalized spacial score (nSPS) is 17.4. The monoisotopic (exact) mass is 682 g/mol. The summed E-state index contributed by atoms with van der Waals surface area (Å²) in [4.78, 5) is 20.1. The van der Waals surface area contributed by atoms with E-state index in [9.17, 15) is 22.0 Å². The molecule has 6 rings (SSSR count). The number of nitrogens with zero attached hydrogens (tertiary/aromatic N) is 6. The van der Waals surface area contributed by atoms with Gasteiger partial charge in [0.25, 0.3) is 6.43 Å². The number of hydrogen-bond donors (Lipinski definition) is 2. The molecular weight excluding hydrogens is 654 g/mol. The number of nitrogen functional groups attached to an aromatic ring is 2. The maximum atomic E-state index is 16.8. The zero-order valence-electron chi connectivity index (χ0n) is 25.1. The van der Waals surface area contributed by atoms with Crippen molar-refractivity contribution in [3.05, 3.63) is 51.9 Å². The largest absolute Gasteiger partial charge is 0.489 e. The number of ether oxygens (including phenoxy) is 2. The van der Waals surface area contributed by atoms with Crippen molar-refractivity contribution in [2.75, 3.05) is 49.2 Å². The van der Waals surface area contributed by atoms with Crippen LogP contribution in [0.4, 0.5) is 43.8 Å². The van der Waals surface area contributed by atoms with Crippen molar-refractivity contribution in [1.29, 1.82) is 0 Å². The Balaban J connectivity index is 1.57. The van der Waals surface area contributed by atoms with Crippen LogP contribution in [-0.2, 0) is 6.18 Å². The second-order valence-corrected chi connectivity index (χ2v) is 11.7. The number of halogens is 7. The van der Waals surface area contributed by atoms with Crippen LogP contribution in [0.25, 0.3) is 22.2 Å². The summed E-state index contributed by atoms with van der Waals surface area (Å²) in [7, 11) is 0. The van der Waals surface area contributed by atoms with Gasteiger partial charge in [-0.05, 0) is 38.0 Å². The molecule has 3 aromatic heterocycles. The standard InChI is InChI=1S/C30H29ClF6N8O2/c1-13-10-18(38)41-24(21(13)30(35,36)37)19-22(31)26-20-25(23(19)34)42-29(47-12-15-5-7-44(15)11-17(32)33)43-28(20)45(8-9-46-26)14(2)16-4-3-6-40-27(16)39/h3-4,6,10,14-15,17H,5,7-9,11-12H2,1-2H3,(H2,38,41)(H2,39,40)/t14-,15+/m1/s1. The summed E-state index contributed by atoms with van der Waals surface area (Å²) >= 11 is 6.71. The third-order valence-electron chi connectivity index (χ3n) is 8.38. The Hall–Kier alpha value is -4.31. The Kier molecular flexibility index (Phi) is 8.59. The van der Waals surface area contributed by atoms with Crippen LogP contribution in [-0.4, -0.2) is 70.2 Å². The highest BCUT2D eigenvalue weighted by molar-refractivity contribution is 6.36. The lowest BCUT2D eigenvalue weighted by molar-refractivity contribution is -0.137. The summed E-state index contributed by atoms with van der Waals surface area (Å²) < 4.78 is 97.7. The number of likely N-dealkylation sites (tertiary alicyclic amines) is 1. The third kappa shape index (κ3) is 5.99. The maximum absolute atomic E-state index is 16.8. The summed E-state index contributed by atoms with van der Waals surface area (Å²) in [6.07, 6.45) is -5.40. The first-order chi connectivity index (χ1) is 22.3. The molecule has 4 aromatic rings. The molecule has 0 spiro atoms. The number of benzene rings is 1. The number of aryl methyl sites for hydroxylation is 1. The molecule has 2 aliphatic heterocycles. The van der Waals surface area contributed by atoms with Crippen molar-refractivity contribution in [2.45, 2.75) is 45.0 Å². The molecule has 5 heterocycles. The Morgan fingerprint density at radius 1 is 1.17 bits per heavy atom. The number of anilines is 3. The van der Waals surface area contributed by atoms with Gasteiger partial charge in [0.2, 0.25) is 0 Å². The summed E-state index contributed by atoms with van der Waals surface area (Å²) in [6, 6.07) is 3.26. The topological polar surface area (TPSA) is 129 Å². The zero-order chi connectivity index (χ0) is 33.8. The Labute approximate surface area is 269 Å². The van der Waals surface area contributed by atoms with Crippen LogP contribution in [0.15, 0.2) is 24.4 Å². The van der Waals surface area contributed by atoms with Crippen molar-refractivity contribution in [2.24, 2.45) is 0 Å². The molecule has 0 bridgehead atoms. The van der Waals surface area contributed by atoms with E-state index in [1.165, 1.54) is 18.0 Å². The fraction of sp³-hybridized carbons (Fsp3) is 0.400. The predicted octanol–water partition coefficient (Wildman–Crippen LogP) is 6.05. The molecule has 17 heteroatoms. The lowest BCUT2D eigenvalue weighted by atomic mass is 9.98. The highest BCUT2D eigenvalue weighted by atomic mass is 35.5. The van der Waals surface area contributed by atoms with Crippen LogP contribution >= 0.6 is 11.6 Å². The molecule has 2 atom stereocenters. The number of aromatic nitrogens is 4. The van der Waals surface area contributed by atoms with Gasteiger partial charge in [-0.1, -0.05) is 17.7 Å². The van der Waals surface area contributed by atoms with Crippen LogP contribution in [0.3, 0.4) is 0 Å². The SMILES string of the molecule is Cc1cc(N)nc(-c2c(Cl)c3c4c(nc(OC[C@@H]5CCN5CC(F)F)nc4c2F)N([C@H](C)c2cccnc2N)CCO3)c1C(F)(F)F. The predicted molar refractivity (Wildman–Crippen MR) is 163 cm³/mol. The molecule has 1 aromatic carbocycles. The lowest BCUT2D eigenvalue weighted by Crippen LogP contribution is -2.52. The minimum Gasteiger partial charge on any atom is -0.489 e. The number of pyridine rings is 2. The highest BCUT2D eigenvalue weighted by Crippen LogP contribution is 2.51. The number of alkyl halides is 5. The lowest BCUT2D eigenvalue weighted by Gasteiger charge is -2.40. The Morgan fingerprint density at radius 2 is 1.94 bits per heavy atom. The van der Waals surface area contributed by atoms with Gasteiger partial charge in [-0.3, -0.25) is 4.90 Å². The molecule has 0 radical (unpaired) electrons. The van der Waals surface area contributed by atoms with Crippen LogP contribution in [0, 0.1) is 12.7 Å². The zero-order valence-corrected chi connectivity index (χ0v) is 25.8. The van der Waals surface area contributed by atoms with Gasteiger partial charge in [-0.15, -0.1) is 0 Å². The fourth-order valence-corrected chi connectivity index (χ4v) is 6.36. The smallest absolute Gasteiger partial charge is 0.418 e. The molecule has 2 aliphatic rings. The third-order valence-corrected chi connectivity index (χ3v) is 8.74. The van der Waals surface area contributed by atoms with Crippen molar-refractivity contribution >= 4 is 40.0 Å². The van der Waals surface area contributed by atoms with Crippen molar-refractivity contribution in [3.8, 4) is 23.0 Å². The van der Waals surface area contributed by atoms with E-state index in [1.807, 2.05) is 6.92 Å². The van der Waals surface area contributed by atoms with E-state index < -0.39 is 58.4 Å². The second-order valence-electron chi connectivity index (χ2n) is 11.3. The molecule has 4 N–H and O–H groups in total. The molecule has 0 amide bonds. The second kappa shape index (κ2) is 12.4. The molecule has 10 nitrogen and oxygen atoms in total. The van der Waals surface area contributed by atoms with Crippen LogP contribution < -0.4 is 25.8 Å². The first kappa shape index (κ1) is 32.6. The molecule has 0 saturated carbocycles. The van der Waals surface area contributed by atoms with E-state index in [4.69, 9.17) is 32.5 Å². The van der Waals surface area contributed by atoms with E-state index in [-0.39, 0.29) is 66.0 Å². The first-order valence-electron chi connectivity index (χ1n) is 14.6. The van der Waals surface area contributed by atoms with E-state index in [1.54, 1.807) is 17.0 Å². The summed E-state index contributed by atoms with van der Waals surface area (Å²) in [5, 5.41) is -0.503. The molecule has 47 heavy (non-hydrogen) atoms. The van der Waals surface area contributed by atoms with E-state index in [0.717, 1.165) is 6.07 Å². The van der Waals surface area contributed by atoms with E-state index in [0.29, 0.717) is 18.5 Å². The van der Waals surface area contributed by atoms with Gasteiger partial charge in [-0.25, -0.2) is 23.1 Å². The van der Waals surface area contributed by atoms with E-state index >= 15 is 4.39 Å². The average Bonchev–Trinajstić information content (AvgIpc) is 3.17. The van der Waals surface area contributed by atoms with Gasteiger partial charge in [0.15, 0.2) is 11.6 Å².